The van der Waals surface area contributed by atoms with Gasteiger partial charge in [0.15, 0.2) is 11.6 Å². The van der Waals surface area contributed by atoms with Crippen LogP contribution >= 0.6 is 11.6 Å². The first-order valence-corrected chi connectivity index (χ1v) is 12.5. The van der Waals surface area contributed by atoms with E-state index < -0.39 is 11.6 Å². The smallest absolute Gasteiger partial charge is 0.253 e. The Hall–Kier alpha value is -3.39. The maximum atomic E-state index is 14.5. The molecule has 2 atom stereocenters. The number of nitrogens with zero attached hydrogens (tertiary/aromatic N) is 2. The standard InChI is InChI=1S/C28H36ClF2N5O/c1-8-14-36(7)27(35-20-10-11-22(23(29)15-20)28(37)34-18(4)9-2)19(5)33-16-17(3)21-12-13-24(32-6)26(31)25(21)30/h8,10-16,18,27,32,35H,9H2,1-7H3,(H,34,37)/b14-8-,17-16+,33-19?. The second-order valence-electron chi connectivity index (χ2n) is 8.79. The molecule has 2 unspecified atom stereocenters. The van der Waals surface area contributed by atoms with Gasteiger partial charge >= 0.3 is 0 Å². The molecule has 2 aromatic rings. The quantitative estimate of drug-likeness (QED) is 0.217. The minimum Gasteiger partial charge on any atom is -0.386 e. The van der Waals surface area contributed by atoms with E-state index in [1.807, 2.05) is 51.9 Å². The Kier molecular flexibility index (Phi) is 11.1. The van der Waals surface area contributed by atoms with Crippen molar-refractivity contribution in [1.82, 2.24) is 10.2 Å². The number of nitrogens with one attached hydrogen (secondary N) is 3. The summed E-state index contributed by atoms with van der Waals surface area (Å²) in [6.45, 7) is 9.34. The number of carbonyl (C=O) groups excluding carboxylic acids is 1. The number of rotatable bonds is 11. The maximum absolute atomic E-state index is 14.5. The Morgan fingerprint density at radius 1 is 1.16 bits per heavy atom. The van der Waals surface area contributed by atoms with Crippen LogP contribution in [0.5, 0.6) is 0 Å². The second kappa shape index (κ2) is 13.8. The van der Waals surface area contributed by atoms with Crippen LogP contribution in [0.1, 0.15) is 57.0 Å². The summed E-state index contributed by atoms with van der Waals surface area (Å²) in [5.74, 6) is -2.08. The third-order valence-electron chi connectivity index (χ3n) is 5.93. The van der Waals surface area contributed by atoms with Gasteiger partial charge in [-0.1, -0.05) is 24.6 Å². The zero-order chi connectivity index (χ0) is 27.7. The molecule has 3 N–H and O–H groups in total. The molecule has 0 aliphatic heterocycles. The predicted octanol–water partition coefficient (Wildman–Crippen LogP) is 6.91. The molecule has 9 heteroatoms. The van der Waals surface area contributed by atoms with Gasteiger partial charge in [-0.15, -0.1) is 0 Å². The van der Waals surface area contributed by atoms with Crippen LogP contribution in [0.4, 0.5) is 20.2 Å². The monoisotopic (exact) mass is 531 g/mol. The van der Waals surface area contributed by atoms with E-state index in [2.05, 4.69) is 20.9 Å². The normalized spacial score (nSPS) is 13.9. The second-order valence-corrected chi connectivity index (χ2v) is 9.20. The lowest BCUT2D eigenvalue weighted by Gasteiger charge is -2.29. The average Bonchev–Trinajstić information content (AvgIpc) is 2.87. The van der Waals surface area contributed by atoms with Gasteiger partial charge in [-0.2, -0.15) is 0 Å². The topological polar surface area (TPSA) is 68.8 Å². The van der Waals surface area contributed by atoms with Crippen molar-refractivity contribution in [3.63, 3.8) is 0 Å². The van der Waals surface area contributed by atoms with Gasteiger partial charge in [-0.05, 0) is 76.2 Å². The van der Waals surface area contributed by atoms with Crippen LogP contribution in [0.25, 0.3) is 5.57 Å². The van der Waals surface area contributed by atoms with Crippen molar-refractivity contribution in [3.05, 3.63) is 76.6 Å². The maximum Gasteiger partial charge on any atom is 0.253 e. The third-order valence-corrected chi connectivity index (χ3v) is 6.25. The average molecular weight is 532 g/mol. The Balaban J connectivity index is 2.33. The summed E-state index contributed by atoms with van der Waals surface area (Å²) in [6.07, 6.45) is 5.72. The highest BCUT2D eigenvalue weighted by Gasteiger charge is 2.18. The van der Waals surface area contributed by atoms with Gasteiger partial charge in [0.1, 0.15) is 6.17 Å². The van der Waals surface area contributed by atoms with Crippen LogP contribution < -0.4 is 16.0 Å². The number of allylic oxidation sites excluding steroid dienone is 2. The van der Waals surface area contributed by atoms with Crippen LogP contribution in [-0.2, 0) is 0 Å². The van der Waals surface area contributed by atoms with Crippen molar-refractivity contribution < 1.29 is 13.6 Å². The number of hydrogen-bond donors (Lipinski definition) is 3. The summed E-state index contributed by atoms with van der Waals surface area (Å²) in [5, 5.41) is 9.24. The molecule has 0 heterocycles. The molecule has 0 radical (unpaired) electrons. The molecular formula is C28H36ClF2N5O. The molecule has 0 spiro atoms. The SMILES string of the molecule is C/C=C\N(C)C(Nc1ccc(C(=O)NC(C)CC)c(Cl)c1)C(C)=N/C=C(\C)c1ccc(NC)c(F)c1F. The molecule has 0 aliphatic rings. The number of benzene rings is 2. The Labute approximate surface area is 223 Å². The fourth-order valence-electron chi connectivity index (χ4n) is 3.56. The fourth-order valence-corrected chi connectivity index (χ4v) is 3.82. The minimum absolute atomic E-state index is 0.0433. The largest absolute Gasteiger partial charge is 0.386 e. The van der Waals surface area contributed by atoms with Crippen molar-refractivity contribution in [2.24, 2.45) is 4.99 Å². The first-order chi connectivity index (χ1) is 17.5. The summed E-state index contributed by atoms with van der Waals surface area (Å²) in [7, 11) is 3.42. The lowest BCUT2D eigenvalue weighted by atomic mass is 10.1. The molecule has 200 valence electrons. The number of amides is 1. The molecule has 0 saturated heterocycles. The van der Waals surface area contributed by atoms with Crippen LogP contribution in [0.2, 0.25) is 5.02 Å². The molecule has 2 rings (SSSR count). The van der Waals surface area contributed by atoms with E-state index in [1.165, 1.54) is 25.4 Å². The zero-order valence-corrected chi connectivity index (χ0v) is 23.2. The van der Waals surface area contributed by atoms with Gasteiger partial charge < -0.3 is 20.9 Å². The predicted molar refractivity (Wildman–Crippen MR) is 151 cm³/mol. The van der Waals surface area contributed by atoms with E-state index in [1.54, 1.807) is 25.1 Å². The van der Waals surface area contributed by atoms with Gasteiger partial charge in [-0.25, -0.2) is 8.78 Å². The van der Waals surface area contributed by atoms with Gasteiger partial charge in [0.2, 0.25) is 0 Å². The molecule has 1 amide bonds. The highest BCUT2D eigenvalue weighted by atomic mass is 35.5. The lowest BCUT2D eigenvalue weighted by Crippen LogP contribution is -2.40. The van der Waals surface area contributed by atoms with Gasteiger partial charge in [0.05, 0.1) is 22.0 Å². The summed E-state index contributed by atoms with van der Waals surface area (Å²) in [4.78, 5) is 19.0. The van der Waals surface area contributed by atoms with Crippen molar-refractivity contribution in [1.29, 1.82) is 0 Å². The molecule has 37 heavy (non-hydrogen) atoms. The summed E-state index contributed by atoms with van der Waals surface area (Å²) < 4.78 is 28.8. The van der Waals surface area contributed by atoms with Gasteiger partial charge in [0.25, 0.3) is 5.91 Å². The Bertz CT molecular complexity index is 1200. The van der Waals surface area contributed by atoms with Crippen LogP contribution in [0, 0.1) is 11.6 Å². The minimum atomic E-state index is -0.932. The Morgan fingerprint density at radius 3 is 2.43 bits per heavy atom. The summed E-state index contributed by atoms with van der Waals surface area (Å²) in [5.41, 5.74) is 2.46. The molecule has 0 fully saturated rings. The van der Waals surface area contributed by atoms with E-state index in [-0.39, 0.29) is 29.4 Å². The molecule has 2 aromatic carbocycles. The molecule has 0 aliphatic carbocycles. The molecule has 0 aromatic heterocycles. The van der Waals surface area contributed by atoms with Gasteiger partial charge in [0, 0.05) is 37.6 Å². The number of aliphatic imine (C=N–C) groups is 1. The number of anilines is 2. The summed E-state index contributed by atoms with van der Waals surface area (Å²) in [6, 6.07) is 8.20. The van der Waals surface area contributed by atoms with Crippen LogP contribution in [0.3, 0.4) is 0 Å². The van der Waals surface area contributed by atoms with Crippen molar-refractivity contribution in [2.45, 2.75) is 53.2 Å². The van der Waals surface area contributed by atoms with Crippen molar-refractivity contribution in [3.8, 4) is 0 Å². The van der Waals surface area contributed by atoms with Crippen LogP contribution in [-0.4, -0.2) is 42.8 Å². The number of halogens is 3. The Morgan fingerprint density at radius 2 is 1.84 bits per heavy atom. The zero-order valence-electron chi connectivity index (χ0n) is 22.4. The van der Waals surface area contributed by atoms with E-state index in [0.717, 1.165) is 6.42 Å². The van der Waals surface area contributed by atoms with E-state index in [0.29, 0.717) is 27.6 Å². The molecular weight excluding hydrogens is 496 g/mol. The first-order valence-electron chi connectivity index (χ1n) is 12.1. The molecule has 6 nitrogen and oxygen atoms in total. The van der Waals surface area contributed by atoms with Crippen LogP contribution in [0.15, 0.2) is 53.8 Å². The molecule has 0 bridgehead atoms. The van der Waals surface area contributed by atoms with E-state index in [4.69, 9.17) is 11.6 Å². The first kappa shape index (κ1) is 29.8. The lowest BCUT2D eigenvalue weighted by molar-refractivity contribution is 0.0939. The highest BCUT2D eigenvalue weighted by molar-refractivity contribution is 6.34. The van der Waals surface area contributed by atoms with E-state index in [9.17, 15) is 13.6 Å². The molecule has 0 saturated carbocycles. The van der Waals surface area contributed by atoms with Gasteiger partial charge in [-0.3, -0.25) is 9.79 Å². The fraction of sp³-hybridized carbons (Fsp3) is 0.357. The van der Waals surface area contributed by atoms with Crippen molar-refractivity contribution in [2.75, 3.05) is 24.7 Å². The van der Waals surface area contributed by atoms with E-state index >= 15 is 0 Å². The number of hydrogen-bond acceptors (Lipinski definition) is 5. The number of carbonyl (C=O) groups is 1. The van der Waals surface area contributed by atoms with Crippen molar-refractivity contribution >= 4 is 40.2 Å². The third kappa shape index (κ3) is 7.79. The summed E-state index contributed by atoms with van der Waals surface area (Å²) >= 11 is 6.44. The highest BCUT2D eigenvalue weighted by Crippen LogP contribution is 2.26.